The zero-order valence-electron chi connectivity index (χ0n) is 10.8. The molecule has 0 fully saturated rings. The molecule has 1 heterocycles. The van der Waals surface area contributed by atoms with Crippen molar-refractivity contribution in [1.29, 1.82) is 0 Å². The van der Waals surface area contributed by atoms with Crippen molar-refractivity contribution >= 4 is 11.0 Å². The van der Waals surface area contributed by atoms with Gasteiger partial charge in [-0.3, -0.25) is 0 Å². The number of rotatable bonds is 3. The summed E-state index contributed by atoms with van der Waals surface area (Å²) in [6, 6.07) is 9.23. The van der Waals surface area contributed by atoms with Gasteiger partial charge in [-0.1, -0.05) is 12.1 Å². The second-order valence-electron chi connectivity index (χ2n) is 4.76. The van der Waals surface area contributed by atoms with E-state index in [1.807, 2.05) is 0 Å². The quantitative estimate of drug-likeness (QED) is 0.787. The Morgan fingerprint density at radius 1 is 1.05 bits per heavy atom. The smallest absolute Gasteiger partial charge is 0.162 e. The Labute approximate surface area is 118 Å². The Morgan fingerprint density at radius 3 is 2.67 bits per heavy atom. The minimum Gasteiger partial charge on any atom is -0.458 e. The first-order valence-corrected chi connectivity index (χ1v) is 6.34. The molecule has 108 valence electrons. The number of aliphatic hydroxyl groups excluding tert-OH is 1. The lowest BCUT2D eigenvalue weighted by atomic mass is 10.1. The molecule has 2 nitrogen and oxygen atoms in total. The molecule has 0 saturated heterocycles. The zero-order valence-corrected chi connectivity index (χ0v) is 10.8. The van der Waals surface area contributed by atoms with Crippen molar-refractivity contribution in [2.24, 2.45) is 0 Å². The average Bonchev–Trinajstić information content (AvgIpc) is 2.87. The second-order valence-corrected chi connectivity index (χ2v) is 4.76. The Morgan fingerprint density at radius 2 is 1.86 bits per heavy atom. The Bertz CT molecular complexity index is 795. The molecule has 0 amide bonds. The van der Waals surface area contributed by atoms with Crippen LogP contribution in [0, 0.1) is 17.5 Å². The minimum atomic E-state index is -1.14. The van der Waals surface area contributed by atoms with E-state index in [9.17, 15) is 18.3 Å². The fourth-order valence-corrected chi connectivity index (χ4v) is 2.21. The second kappa shape index (κ2) is 5.26. The van der Waals surface area contributed by atoms with E-state index in [1.165, 1.54) is 36.4 Å². The highest BCUT2D eigenvalue weighted by Crippen LogP contribution is 2.27. The highest BCUT2D eigenvalue weighted by atomic mass is 19.2. The molecule has 0 bridgehead atoms. The molecule has 3 rings (SSSR count). The number of hydrogen-bond acceptors (Lipinski definition) is 2. The van der Waals surface area contributed by atoms with Crippen molar-refractivity contribution in [3.63, 3.8) is 0 Å². The van der Waals surface area contributed by atoms with Crippen LogP contribution in [0.2, 0.25) is 0 Å². The summed E-state index contributed by atoms with van der Waals surface area (Å²) in [6.45, 7) is 0. The SMILES string of the molecule is OC(Cc1cccc(F)c1F)c1cc2cc(F)ccc2o1. The van der Waals surface area contributed by atoms with E-state index in [4.69, 9.17) is 4.42 Å². The van der Waals surface area contributed by atoms with Crippen molar-refractivity contribution in [1.82, 2.24) is 0 Å². The number of fused-ring (bicyclic) bond motifs is 1. The number of hydrogen-bond donors (Lipinski definition) is 1. The van der Waals surface area contributed by atoms with Crippen molar-refractivity contribution in [3.05, 3.63) is 71.2 Å². The fourth-order valence-electron chi connectivity index (χ4n) is 2.21. The molecule has 0 saturated carbocycles. The van der Waals surface area contributed by atoms with Gasteiger partial charge in [0.2, 0.25) is 0 Å². The van der Waals surface area contributed by atoms with Crippen molar-refractivity contribution < 1.29 is 22.7 Å². The molecule has 0 aliphatic rings. The van der Waals surface area contributed by atoms with Gasteiger partial charge in [0.1, 0.15) is 23.3 Å². The molecule has 3 aromatic rings. The predicted octanol–water partition coefficient (Wildman–Crippen LogP) is 4.13. The first kappa shape index (κ1) is 13.7. The molecule has 21 heavy (non-hydrogen) atoms. The molecule has 2 aromatic carbocycles. The lowest BCUT2D eigenvalue weighted by molar-refractivity contribution is 0.151. The molecule has 1 aromatic heterocycles. The van der Waals surface area contributed by atoms with Crippen LogP contribution in [0.5, 0.6) is 0 Å². The van der Waals surface area contributed by atoms with Gasteiger partial charge in [0.25, 0.3) is 0 Å². The summed E-state index contributed by atoms with van der Waals surface area (Å²) in [6.07, 6.45) is -1.27. The van der Waals surface area contributed by atoms with Crippen LogP contribution in [0.4, 0.5) is 13.2 Å². The normalized spacial score (nSPS) is 12.8. The maximum absolute atomic E-state index is 13.6. The maximum Gasteiger partial charge on any atom is 0.162 e. The summed E-state index contributed by atoms with van der Waals surface area (Å²) < 4.78 is 45.2. The van der Waals surface area contributed by atoms with Gasteiger partial charge in [-0.15, -0.1) is 0 Å². The van der Waals surface area contributed by atoms with E-state index in [1.54, 1.807) is 0 Å². The summed E-state index contributed by atoms with van der Waals surface area (Å²) in [4.78, 5) is 0. The van der Waals surface area contributed by atoms with Gasteiger partial charge >= 0.3 is 0 Å². The number of benzene rings is 2. The summed E-state index contributed by atoms with van der Waals surface area (Å²) in [5.74, 6) is -2.19. The zero-order chi connectivity index (χ0) is 15.0. The summed E-state index contributed by atoms with van der Waals surface area (Å²) in [5.41, 5.74) is 0.472. The molecule has 1 atom stereocenters. The van der Waals surface area contributed by atoms with Crippen LogP contribution in [0.1, 0.15) is 17.4 Å². The highest BCUT2D eigenvalue weighted by Gasteiger charge is 2.17. The largest absolute Gasteiger partial charge is 0.458 e. The van der Waals surface area contributed by atoms with Crippen LogP contribution in [0.15, 0.2) is 46.9 Å². The molecular formula is C16H11F3O2. The van der Waals surface area contributed by atoms with Crippen LogP contribution in [-0.4, -0.2) is 5.11 Å². The first-order valence-electron chi connectivity index (χ1n) is 6.34. The first-order chi connectivity index (χ1) is 10.0. The fraction of sp³-hybridized carbons (Fsp3) is 0.125. The molecular weight excluding hydrogens is 281 g/mol. The van der Waals surface area contributed by atoms with E-state index >= 15 is 0 Å². The number of halogens is 3. The van der Waals surface area contributed by atoms with Crippen LogP contribution in [-0.2, 0) is 6.42 Å². The Balaban J connectivity index is 1.89. The molecule has 0 radical (unpaired) electrons. The number of furan rings is 1. The minimum absolute atomic E-state index is 0.0501. The third-order valence-electron chi connectivity index (χ3n) is 3.27. The van der Waals surface area contributed by atoms with Crippen LogP contribution < -0.4 is 0 Å². The summed E-state index contributed by atoms with van der Waals surface area (Å²) in [5, 5.41) is 10.6. The summed E-state index contributed by atoms with van der Waals surface area (Å²) >= 11 is 0. The molecule has 5 heteroatoms. The van der Waals surface area contributed by atoms with E-state index in [-0.39, 0.29) is 17.7 Å². The van der Waals surface area contributed by atoms with Crippen molar-refractivity contribution in [3.8, 4) is 0 Å². The molecule has 0 aliphatic carbocycles. The molecule has 0 spiro atoms. The van der Waals surface area contributed by atoms with E-state index in [0.29, 0.717) is 11.0 Å². The van der Waals surface area contributed by atoms with Gasteiger partial charge in [-0.25, -0.2) is 13.2 Å². The van der Waals surface area contributed by atoms with Crippen LogP contribution >= 0.6 is 0 Å². The molecule has 1 N–H and O–H groups in total. The standard InChI is InChI=1S/C16H11F3O2/c17-11-4-5-14-10(6-11)8-15(21-14)13(20)7-9-2-1-3-12(18)16(9)19/h1-6,8,13,20H,7H2. The van der Waals surface area contributed by atoms with Crippen molar-refractivity contribution in [2.75, 3.05) is 0 Å². The Hall–Kier alpha value is -2.27. The maximum atomic E-state index is 13.6. The van der Waals surface area contributed by atoms with E-state index in [0.717, 1.165) is 6.07 Å². The van der Waals surface area contributed by atoms with Gasteiger partial charge in [0.05, 0.1) is 0 Å². The molecule has 0 aliphatic heterocycles. The lowest BCUT2D eigenvalue weighted by Gasteiger charge is -2.08. The van der Waals surface area contributed by atoms with Gasteiger partial charge in [-0.2, -0.15) is 0 Å². The van der Waals surface area contributed by atoms with E-state index in [2.05, 4.69) is 0 Å². The predicted molar refractivity (Wildman–Crippen MR) is 71.2 cm³/mol. The topological polar surface area (TPSA) is 33.4 Å². The van der Waals surface area contributed by atoms with Gasteiger partial charge in [0, 0.05) is 11.8 Å². The Kier molecular flexibility index (Phi) is 3.43. The molecule has 1 unspecified atom stereocenters. The highest BCUT2D eigenvalue weighted by molar-refractivity contribution is 5.77. The lowest BCUT2D eigenvalue weighted by Crippen LogP contribution is -2.03. The van der Waals surface area contributed by atoms with Gasteiger partial charge < -0.3 is 9.52 Å². The third-order valence-corrected chi connectivity index (χ3v) is 3.27. The number of aliphatic hydroxyl groups is 1. The summed E-state index contributed by atoms with van der Waals surface area (Å²) in [7, 11) is 0. The monoisotopic (exact) mass is 292 g/mol. The van der Waals surface area contributed by atoms with Gasteiger partial charge in [0.15, 0.2) is 11.6 Å². The van der Waals surface area contributed by atoms with Gasteiger partial charge in [-0.05, 0) is 35.9 Å². The van der Waals surface area contributed by atoms with E-state index < -0.39 is 23.6 Å². The van der Waals surface area contributed by atoms with Crippen molar-refractivity contribution in [2.45, 2.75) is 12.5 Å². The average molecular weight is 292 g/mol. The van der Waals surface area contributed by atoms with Crippen LogP contribution in [0.25, 0.3) is 11.0 Å². The third kappa shape index (κ3) is 2.64. The van der Waals surface area contributed by atoms with Crippen LogP contribution in [0.3, 0.4) is 0 Å².